The fourth-order valence-electron chi connectivity index (χ4n) is 1.80. The predicted molar refractivity (Wildman–Crippen MR) is 70.2 cm³/mol. The summed E-state index contributed by atoms with van der Waals surface area (Å²) in [6.07, 6.45) is 4.78. The summed E-state index contributed by atoms with van der Waals surface area (Å²) in [6.45, 7) is 5.10. The van der Waals surface area contributed by atoms with Crippen molar-refractivity contribution < 1.29 is 0 Å². The van der Waals surface area contributed by atoms with Crippen LogP contribution in [0.25, 0.3) is 0 Å². The van der Waals surface area contributed by atoms with Gasteiger partial charge in [0.25, 0.3) is 0 Å². The number of nitrogens with one attached hydrogen (secondary N) is 1. The molecule has 0 aliphatic heterocycles. The summed E-state index contributed by atoms with van der Waals surface area (Å²) in [4.78, 5) is 8.78. The fraction of sp³-hybridized carbons (Fsp3) is 0.500. The third-order valence-corrected chi connectivity index (χ3v) is 3.73. The molecule has 2 rings (SSSR count). The monoisotopic (exact) mass is 250 g/mol. The number of nitrogens with zero attached hydrogens (tertiary/aromatic N) is 3. The Morgan fingerprint density at radius 2 is 2.35 bits per heavy atom. The van der Waals surface area contributed by atoms with Crippen LogP contribution in [0.3, 0.4) is 0 Å². The first-order chi connectivity index (χ1) is 8.16. The summed E-state index contributed by atoms with van der Waals surface area (Å²) in [5.74, 6) is 1.07. The van der Waals surface area contributed by atoms with E-state index in [1.807, 2.05) is 30.9 Å². The van der Waals surface area contributed by atoms with Crippen LogP contribution < -0.4 is 5.32 Å². The SMILES string of the molecule is Cc1csc(CCNC(C)c2nccn2C)n1. The Morgan fingerprint density at radius 3 is 2.94 bits per heavy atom. The van der Waals surface area contributed by atoms with E-state index in [2.05, 4.69) is 27.6 Å². The lowest BCUT2D eigenvalue weighted by Crippen LogP contribution is -2.23. The number of hydrogen-bond acceptors (Lipinski definition) is 4. The Labute approximate surface area is 106 Å². The van der Waals surface area contributed by atoms with E-state index >= 15 is 0 Å². The number of aryl methyl sites for hydroxylation is 2. The number of imidazole rings is 1. The van der Waals surface area contributed by atoms with Gasteiger partial charge < -0.3 is 9.88 Å². The Kier molecular flexibility index (Phi) is 3.91. The van der Waals surface area contributed by atoms with Gasteiger partial charge in [-0.2, -0.15) is 0 Å². The van der Waals surface area contributed by atoms with Gasteiger partial charge in [-0.3, -0.25) is 0 Å². The predicted octanol–water partition coefficient (Wildman–Crippen LogP) is 2.08. The van der Waals surface area contributed by atoms with Crippen molar-refractivity contribution in [3.8, 4) is 0 Å². The van der Waals surface area contributed by atoms with Crippen molar-refractivity contribution in [3.05, 3.63) is 34.3 Å². The number of rotatable bonds is 5. The van der Waals surface area contributed by atoms with Gasteiger partial charge in [0.2, 0.25) is 0 Å². The lowest BCUT2D eigenvalue weighted by atomic mass is 10.3. The summed E-state index contributed by atoms with van der Waals surface area (Å²) in [5, 5.41) is 6.76. The Balaban J connectivity index is 1.81. The first-order valence-electron chi connectivity index (χ1n) is 5.78. The molecule has 1 atom stereocenters. The Morgan fingerprint density at radius 1 is 1.53 bits per heavy atom. The van der Waals surface area contributed by atoms with Gasteiger partial charge in [0, 0.05) is 43.5 Å². The molecule has 0 aliphatic rings. The number of thiazole rings is 1. The topological polar surface area (TPSA) is 42.7 Å². The van der Waals surface area contributed by atoms with E-state index in [1.54, 1.807) is 11.3 Å². The first kappa shape index (κ1) is 12.3. The van der Waals surface area contributed by atoms with Gasteiger partial charge in [0.05, 0.1) is 11.0 Å². The quantitative estimate of drug-likeness (QED) is 0.883. The molecule has 0 spiro atoms. The van der Waals surface area contributed by atoms with Crippen LogP contribution in [-0.2, 0) is 13.5 Å². The molecule has 0 aromatic carbocycles. The summed E-state index contributed by atoms with van der Waals surface area (Å²) >= 11 is 1.73. The standard InChI is InChI=1S/C12H18N4S/c1-9-8-17-11(15-9)4-5-13-10(2)12-14-6-7-16(12)3/h6-8,10,13H,4-5H2,1-3H3. The van der Waals surface area contributed by atoms with Crippen LogP contribution in [-0.4, -0.2) is 21.1 Å². The molecule has 2 aromatic rings. The minimum Gasteiger partial charge on any atom is -0.337 e. The van der Waals surface area contributed by atoms with Crippen LogP contribution in [0.4, 0.5) is 0 Å². The molecule has 0 fully saturated rings. The second kappa shape index (κ2) is 5.42. The molecule has 0 saturated heterocycles. The van der Waals surface area contributed by atoms with E-state index < -0.39 is 0 Å². The number of aromatic nitrogens is 3. The third-order valence-electron chi connectivity index (χ3n) is 2.70. The lowest BCUT2D eigenvalue weighted by Gasteiger charge is -2.12. The molecule has 0 amide bonds. The van der Waals surface area contributed by atoms with Crippen LogP contribution >= 0.6 is 11.3 Å². The van der Waals surface area contributed by atoms with Crippen molar-refractivity contribution >= 4 is 11.3 Å². The average molecular weight is 250 g/mol. The number of hydrogen-bond donors (Lipinski definition) is 1. The molecule has 1 unspecified atom stereocenters. The van der Waals surface area contributed by atoms with Gasteiger partial charge in [-0.15, -0.1) is 11.3 Å². The zero-order chi connectivity index (χ0) is 12.3. The highest BCUT2D eigenvalue weighted by Crippen LogP contribution is 2.11. The molecule has 1 N–H and O–H groups in total. The molecule has 17 heavy (non-hydrogen) atoms. The van der Waals surface area contributed by atoms with Crippen LogP contribution in [0.15, 0.2) is 17.8 Å². The highest BCUT2D eigenvalue weighted by molar-refractivity contribution is 7.09. The van der Waals surface area contributed by atoms with E-state index in [-0.39, 0.29) is 6.04 Å². The molecule has 4 nitrogen and oxygen atoms in total. The van der Waals surface area contributed by atoms with E-state index in [4.69, 9.17) is 0 Å². The summed E-state index contributed by atoms with van der Waals surface area (Å²) in [7, 11) is 2.02. The van der Waals surface area contributed by atoms with E-state index in [0.717, 1.165) is 24.5 Å². The molecular weight excluding hydrogens is 232 g/mol. The van der Waals surface area contributed by atoms with Crippen LogP contribution in [0.1, 0.15) is 29.5 Å². The minimum atomic E-state index is 0.274. The molecular formula is C12H18N4S. The minimum absolute atomic E-state index is 0.274. The Hall–Kier alpha value is -1.20. The fourth-order valence-corrected chi connectivity index (χ4v) is 2.57. The highest BCUT2D eigenvalue weighted by Gasteiger charge is 2.09. The summed E-state index contributed by atoms with van der Waals surface area (Å²) in [6, 6.07) is 0.274. The molecule has 0 radical (unpaired) electrons. The van der Waals surface area contributed by atoms with Crippen molar-refractivity contribution in [2.45, 2.75) is 26.3 Å². The van der Waals surface area contributed by atoms with Crippen LogP contribution in [0.2, 0.25) is 0 Å². The van der Waals surface area contributed by atoms with Gasteiger partial charge in [-0.1, -0.05) is 0 Å². The maximum absolute atomic E-state index is 4.45. The highest BCUT2D eigenvalue weighted by atomic mass is 32.1. The second-order valence-electron chi connectivity index (χ2n) is 4.20. The molecule has 2 aromatic heterocycles. The smallest absolute Gasteiger partial charge is 0.125 e. The molecule has 2 heterocycles. The second-order valence-corrected chi connectivity index (χ2v) is 5.15. The Bertz CT molecular complexity index is 474. The van der Waals surface area contributed by atoms with Gasteiger partial charge in [-0.05, 0) is 13.8 Å². The van der Waals surface area contributed by atoms with Gasteiger partial charge in [-0.25, -0.2) is 9.97 Å². The van der Waals surface area contributed by atoms with Crippen molar-refractivity contribution in [2.75, 3.05) is 6.54 Å². The van der Waals surface area contributed by atoms with Gasteiger partial charge in [0.1, 0.15) is 5.82 Å². The largest absolute Gasteiger partial charge is 0.337 e. The first-order valence-corrected chi connectivity index (χ1v) is 6.66. The summed E-state index contributed by atoms with van der Waals surface area (Å²) < 4.78 is 2.05. The van der Waals surface area contributed by atoms with Gasteiger partial charge >= 0.3 is 0 Å². The van der Waals surface area contributed by atoms with Crippen molar-refractivity contribution in [1.82, 2.24) is 19.9 Å². The molecule has 0 saturated carbocycles. The molecule has 92 valence electrons. The van der Waals surface area contributed by atoms with E-state index in [9.17, 15) is 0 Å². The molecule has 5 heteroatoms. The van der Waals surface area contributed by atoms with E-state index in [1.165, 1.54) is 5.01 Å². The summed E-state index contributed by atoms with van der Waals surface area (Å²) in [5.41, 5.74) is 1.11. The van der Waals surface area contributed by atoms with Crippen LogP contribution in [0.5, 0.6) is 0 Å². The van der Waals surface area contributed by atoms with Crippen molar-refractivity contribution in [3.63, 3.8) is 0 Å². The van der Waals surface area contributed by atoms with Crippen molar-refractivity contribution in [1.29, 1.82) is 0 Å². The maximum Gasteiger partial charge on any atom is 0.125 e. The molecule has 0 aliphatic carbocycles. The van der Waals surface area contributed by atoms with E-state index in [0.29, 0.717) is 0 Å². The zero-order valence-corrected chi connectivity index (χ0v) is 11.3. The average Bonchev–Trinajstić information content (AvgIpc) is 2.87. The lowest BCUT2D eigenvalue weighted by molar-refractivity contribution is 0.533. The van der Waals surface area contributed by atoms with Crippen molar-refractivity contribution in [2.24, 2.45) is 7.05 Å². The zero-order valence-electron chi connectivity index (χ0n) is 10.5. The normalized spacial score (nSPS) is 12.9. The molecule has 0 bridgehead atoms. The van der Waals surface area contributed by atoms with Gasteiger partial charge in [0.15, 0.2) is 0 Å². The third kappa shape index (κ3) is 3.14. The maximum atomic E-state index is 4.45. The van der Waals surface area contributed by atoms with Crippen LogP contribution in [0, 0.1) is 6.92 Å².